The van der Waals surface area contributed by atoms with Crippen LogP contribution in [0.25, 0.3) is 0 Å². The smallest absolute Gasteiger partial charge is 0.308 e. The molecular weight excluding hydrogens is 322 g/mol. The lowest BCUT2D eigenvalue weighted by atomic mass is 10.0. The fourth-order valence-electron chi connectivity index (χ4n) is 1.74. The fourth-order valence-corrected chi connectivity index (χ4v) is 2.01. The van der Waals surface area contributed by atoms with Crippen LogP contribution in [0.2, 0.25) is 0 Å². The van der Waals surface area contributed by atoms with Gasteiger partial charge in [-0.25, -0.2) is 0 Å². The van der Waals surface area contributed by atoms with Gasteiger partial charge in [-0.2, -0.15) is 0 Å². The molecule has 2 rings (SSSR count). The van der Waals surface area contributed by atoms with E-state index >= 15 is 0 Å². The topological polar surface area (TPSA) is 69.4 Å². The summed E-state index contributed by atoms with van der Waals surface area (Å²) in [4.78, 5) is 23.4. The van der Waals surface area contributed by atoms with E-state index in [1.54, 1.807) is 42.5 Å². The number of ketones is 1. The fraction of sp³-hybridized carbons (Fsp3) is 0.0667. The van der Waals surface area contributed by atoms with Crippen molar-refractivity contribution < 1.29 is 14.3 Å². The third-order valence-corrected chi connectivity index (χ3v) is 3.20. The second-order valence-corrected chi connectivity index (χ2v) is 5.06. The molecule has 20 heavy (non-hydrogen) atoms. The summed E-state index contributed by atoms with van der Waals surface area (Å²) >= 11 is 3.31. The molecule has 0 saturated carbocycles. The van der Waals surface area contributed by atoms with Crippen molar-refractivity contribution in [3.63, 3.8) is 0 Å². The van der Waals surface area contributed by atoms with Crippen molar-refractivity contribution >= 4 is 33.4 Å². The highest BCUT2D eigenvalue weighted by atomic mass is 79.9. The van der Waals surface area contributed by atoms with Crippen molar-refractivity contribution in [3.05, 3.63) is 58.1 Å². The first-order valence-corrected chi connectivity index (χ1v) is 6.65. The number of para-hydroxylation sites is 1. The van der Waals surface area contributed by atoms with E-state index in [-0.39, 0.29) is 17.2 Å². The van der Waals surface area contributed by atoms with E-state index in [0.29, 0.717) is 11.1 Å². The normalized spacial score (nSPS) is 10.1. The third kappa shape index (κ3) is 3.05. The first kappa shape index (κ1) is 14.3. The average Bonchev–Trinajstić information content (AvgIpc) is 2.41. The van der Waals surface area contributed by atoms with Gasteiger partial charge >= 0.3 is 5.97 Å². The van der Waals surface area contributed by atoms with Gasteiger partial charge in [0.25, 0.3) is 0 Å². The van der Waals surface area contributed by atoms with Crippen LogP contribution in [0.4, 0.5) is 5.69 Å². The number of carbonyl (C=O) groups is 2. The van der Waals surface area contributed by atoms with Gasteiger partial charge < -0.3 is 10.5 Å². The Morgan fingerprint density at radius 1 is 1.10 bits per heavy atom. The molecule has 0 aliphatic rings. The standard InChI is InChI=1S/C15H12BrNO3/c1-9(18)20-13-4-2-3-12(14(13)17)15(19)10-5-7-11(16)8-6-10/h2-8H,17H2,1H3. The van der Waals surface area contributed by atoms with Gasteiger partial charge in [0.1, 0.15) is 0 Å². The number of nitrogen functional groups attached to an aromatic ring is 1. The molecule has 5 heteroatoms. The molecule has 0 unspecified atom stereocenters. The minimum absolute atomic E-state index is 0.163. The Bertz CT molecular complexity index is 665. The van der Waals surface area contributed by atoms with E-state index in [4.69, 9.17) is 10.5 Å². The highest BCUT2D eigenvalue weighted by Gasteiger charge is 2.16. The van der Waals surface area contributed by atoms with Crippen LogP contribution in [0.1, 0.15) is 22.8 Å². The summed E-state index contributed by atoms with van der Waals surface area (Å²) in [5.74, 6) is -0.505. The Morgan fingerprint density at radius 3 is 2.35 bits per heavy atom. The van der Waals surface area contributed by atoms with Gasteiger partial charge in [-0.05, 0) is 36.4 Å². The van der Waals surface area contributed by atoms with Gasteiger partial charge in [0.05, 0.1) is 5.69 Å². The van der Waals surface area contributed by atoms with Gasteiger partial charge in [-0.1, -0.05) is 22.0 Å². The number of benzene rings is 2. The lowest BCUT2D eigenvalue weighted by Crippen LogP contribution is -2.09. The third-order valence-electron chi connectivity index (χ3n) is 2.67. The molecule has 0 aliphatic carbocycles. The molecule has 2 aromatic rings. The predicted molar refractivity (Wildman–Crippen MR) is 79.7 cm³/mol. The number of anilines is 1. The molecule has 0 aliphatic heterocycles. The van der Waals surface area contributed by atoms with Crippen molar-refractivity contribution in [2.24, 2.45) is 0 Å². The van der Waals surface area contributed by atoms with Crippen LogP contribution < -0.4 is 10.5 Å². The Labute approximate surface area is 124 Å². The van der Waals surface area contributed by atoms with E-state index < -0.39 is 5.97 Å². The Morgan fingerprint density at radius 2 is 1.75 bits per heavy atom. The lowest BCUT2D eigenvalue weighted by molar-refractivity contribution is -0.131. The van der Waals surface area contributed by atoms with Crippen molar-refractivity contribution in [1.82, 2.24) is 0 Å². The van der Waals surface area contributed by atoms with Gasteiger partial charge in [-0.15, -0.1) is 0 Å². The molecule has 0 saturated heterocycles. The molecule has 2 aromatic carbocycles. The van der Waals surface area contributed by atoms with Crippen LogP contribution in [0.15, 0.2) is 46.9 Å². The number of hydrogen-bond acceptors (Lipinski definition) is 4. The van der Waals surface area contributed by atoms with Crippen molar-refractivity contribution in [2.75, 3.05) is 5.73 Å². The highest BCUT2D eigenvalue weighted by molar-refractivity contribution is 9.10. The van der Waals surface area contributed by atoms with Gasteiger partial charge in [-0.3, -0.25) is 9.59 Å². The van der Waals surface area contributed by atoms with Crippen LogP contribution in [0.5, 0.6) is 5.75 Å². The Kier molecular flexibility index (Phi) is 4.20. The van der Waals surface area contributed by atoms with Crippen LogP contribution in [-0.4, -0.2) is 11.8 Å². The molecule has 0 radical (unpaired) electrons. The van der Waals surface area contributed by atoms with Gasteiger partial charge in [0, 0.05) is 22.5 Å². The summed E-state index contributed by atoms with van der Waals surface area (Å²) in [6, 6.07) is 11.7. The second kappa shape index (κ2) is 5.88. The van der Waals surface area contributed by atoms with E-state index in [0.717, 1.165) is 4.47 Å². The molecule has 0 atom stereocenters. The Hall–Kier alpha value is -2.14. The number of nitrogens with two attached hydrogens (primary N) is 1. The number of rotatable bonds is 3. The molecule has 0 amide bonds. The number of hydrogen-bond donors (Lipinski definition) is 1. The zero-order valence-electron chi connectivity index (χ0n) is 10.7. The minimum Gasteiger partial charge on any atom is -0.424 e. The SMILES string of the molecule is CC(=O)Oc1cccc(C(=O)c2ccc(Br)cc2)c1N. The van der Waals surface area contributed by atoms with Crippen molar-refractivity contribution in [3.8, 4) is 5.75 Å². The molecule has 0 spiro atoms. The summed E-state index contributed by atoms with van der Waals surface area (Å²) in [5.41, 5.74) is 6.88. The maximum Gasteiger partial charge on any atom is 0.308 e. The van der Waals surface area contributed by atoms with Crippen LogP contribution >= 0.6 is 15.9 Å². The summed E-state index contributed by atoms with van der Waals surface area (Å²) in [7, 11) is 0. The maximum absolute atomic E-state index is 12.4. The molecule has 2 N–H and O–H groups in total. The molecular formula is C15H12BrNO3. The lowest BCUT2D eigenvalue weighted by Gasteiger charge is -2.09. The number of ether oxygens (including phenoxy) is 1. The number of esters is 1. The molecule has 4 nitrogen and oxygen atoms in total. The van der Waals surface area contributed by atoms with E-state index in [9.17, 15) is 9.59 Å². The van der Waals surface area contributed by atoms with E-state index in [2.05, 4.69) is 15.9 Å². The van der Waals surface area contributed by atoms with Gasteiger partial charge in [0.2, 0.25) is 0 Å². The summed E-state index contributed by atoms with van der Waals surface area (Å²) in [6.45, 7) is 1.28. The van der Waals surface area contributed by atoms with Crippen molar-refractivity contribution in [2.45, 2.75) is 6.92 Å². The van der Waals surface area contributed by atoms with Crippen LogP contribution in [0.3, 0.4) is 0 Å². The maximum atomic E-state index is 12.4. The number of carbonyl (C=O) groups excluding carboxylic acids is 2. The first-order valence-electron chi connectivity index (χ1n) is 5.86. The zero-order chi connectivity index (χ0) is 14.7. The molecule has 0 fully saturated rings. The molecule has 0 heterocycles. The number of halogens is 1. The molecule has 102 valence electrons. The monoisotopic (exact) mass is 333 g/mol. The summed E-state index contributed by atoms with van der Waals surface area (Å²) < 4.78 is 5.85. The summed E-state index contributed by atoms with van der Waals surface area (Å²) in [5, 5.41) is 0. The van der Waals surface area contributed by atoms with Gasteiger partial charge in [0.15, 0.2) is 11.5 Å². The minimum atomic E-state index is -0.482. The second-order valence-electron chi connectivity index (χ2n) is 4.15. The van der Waals surface area contributed by atoms with E-state index in [1.807, 2.05) is 0 Å². The summed E-state index contributed by atoms with van der Waals surface area (Å²) in [6.07, 6.45) is 0. The van der Waals surface area contributed by atoms with Crippen molar-refractivity contribution in [1.29, 1.82) is 0 Å². The van der Waals surface area contributed by atoms with Crippen LogP contribution in [0, 0.1) is 0 Å². The zero-order valence-corrected chi connectivity index (χ0v) is 12.3. The Balaban J connectivity index is 2.39. The first-order chi connectivity index (χ1) is 9.49. The highest BCUT2D eigenvalue weighted by Crippen LogP contribution is 2.27. The average molecular weight is 334 g/mol. The van der Waals surface area contributed by atoms with Crippen LogP contribution in [-0.2, 0) is 4.79 Å². The quantitative estimate of drug-likeness (QED) is 0.405. The molecule has 0 bridgehead atoms. The predicted octanol–water partition coefficient (Wildman–Crippen LogP) is 3.19. The van der Waals surface area contributed by atoms with E-state index in [1.165, 1.54) is 6.92 Å². The molecule has 0 aromatic heterocycles. The largest absolute Gasteiger partial charge is 0.424 e.